The van der Waals surface area contributed by atoms with Gasteiger partial charge in [0.1, 0.15) is 5.60 Å². The second-order valence-corrected chi connectivity index (χ2v) is 8.53. The Morgan fingerprint density at radius 3 is 2.09 bits per heavy atom. The van der Waals surface area contributed by atoms with Crippen LogP contribution in [-0.4, -0.2) is 39.9 Å². The van der Waals surface area contributed by atoms with Crippen molar-refractivity contribution in [3.05, 3.63) is 0 Å². The number of aliphatic hydroxyl groups is 1. The van der Waals surface area contributed by atoms with Crippen molar-refractivity contribution >= 4 is 12.0 Å². The fraction of sp³-hybridized carbons (Fsp3) is 0.882. The maximum absolute atomic E-state index is 12.4. The molecule has 2 amide bonds. The van der Waals surface area contributed by atoms with Crippen LogP contribution in [0.1, 0.15) is 67.7 Å². The van der Waals surface area contributed by atoms with Gasteiger partial charge >= 0.3 is 6.09 Å². The minimum atomic E-state index is -1.02. The van der Waals surface area contributed by atoms with Crippen LogP contribution in [0.3, 0.4) is 0 Å². The molecule has 6 nitrogen and oxygen atoms in total. The molecule has 3 N–H and O–H groups in total. The molecule has 1 rings (SSSR count). The fourth-order valence-electron chi connectivity index (χ4n) is 2.39. The summed E-state index contributed by atoms with van der Waals surface area (Å²) in [5.74, 6) is -0.234. The lowest BCUT2D eigenvalue weighted by Crippen LogP contribution is -2.58. The average Bonchev–Trinajstić information content (AvgIpc) is 2.72. The highest BCUT2D eigenvalue weighted by Crippen LogP contribution is 2.28. The van der Waals surface area contributed by atoms with Crippen molar-refractivity contribution in [2.45, 2.75) is 90.5 Å². The van der Waals surface area contributed by atoms with Crippen molar-refractivity contribution in [2.24, 2.45) is 5.92 Å². The molecule has 0 radical (unpaired) electrons. The van der Waals surface area contributed by atoms with Gasteiger partial charge in [0.25, 0.3) is 0 Å². The summed E-state index contributed by atoms with van der Waals surface area (Å²) in [6.07, 6.45) is 1.61. The molecule has 0 spiro atoms. The largest absolute Gasteiger partial charge is 0.444 e. The number of alkyl carbamates (subject to hydrolysis) is 1. The van der Waals surface area contributed by atoms with Gasteiger partial charge in [-0.15, -0.1) is 0 Å². The van der Waals surface area contributed by atoms with E-state index < -0.39 is 22.8 Å². The van der Waals surface area contributed by atoms with Crippen molar-refractivity contribution in [3.63, 3.8) is 0 Å². The molecule has 0 aromatic carbocycles. The molecule has 1 aliphatic carbocycles. The molecule has 0 heterocycles. The highest BCUT2D eigenvalue weighted by Gasteiger charge is 2.39. The summed E-state index contributed by atoms with van der Waals surface area (Å²) < 4.78 is 5.24. The van der Waals surface area contributed by atoms with Crippen molar-refractivity contribution < 1.29 is 19.4 Å². The third-order valence-corrected chi connectivity index (χ3v) is 4.49. The molecular weight excluding hydrogens is 296 g/mol. The zero-order valence-corrected chi connectivity index (χ0v) is 15.4. The molecule has 1 saturated carbocycles. The number of ether oxygens (including phenoxy) is 1. The van der Waals surface area contributed by atoms with Crippen LogP contribution in [0.5, 0.6) is 0 Å². The minimum absolute atomic E-state index is 0.0501. The zero-order valence-electron chi connectivity index (χ0n) is 15.4. The van der Waals surface area contributed by atoms with Gasteiger partial charge in [-0.1, -0.05) is 0 Å². The van der Waals surface area contributed by atoms with Crippen LogP contribution >= 0.6 is 0 Å². The van der Waals surface area contributed by atoms with Crippen molar-refractivity contribution in [1.29, 1.82) is 0 Å². The number of nitrogens with one attached hydrogen (secondary N) is 2. The Labute approximate surface area is 139 Å². The van der Waals surface area contributed by atoms with Gasteiger partial charge in [0.15, 0.2) is 0 Å². The van der Waals surface area contributed by atoms with Crippen LogP contribution in [0.15, 0.2) is 0 Å². The predicted octanol–water partition coefficient (Wildman–Crippen LogP) is 2.35. The van der Waals surface area contributed by atoms with Gasteiger partial charge in [-0.2, -0.15) is 0 Å². The van der Waals surface area contributed by atoms with E-state index in [-0.39, 0.29) is 17.9 Å². The number of carbonyl (C=O) groups is 2. The van der Waals surface area contributed by atoms with E-state index in [9.17, 15) is 14.7 Å². The zero-order chi connectivity index (χ0) is 18.1. The second-order valence-electron chi connectivity index (χ2n) is 8.53. The molecule has 23 heavy (non-hydrogen) atoms. The van der Waals surface area contributed by atoms with Crippen molar-refractivity contribution in [1.82, 2.24) is 10.6 Å². The van der Waals surface area contributed by atoms with Gasteiger partial charge in [0.2, 0.25) is 5.91 Å². The Bertz CT molecular complexity index is 446. The molecule has 1 aliphatic rings. The molecule has 0 aromatic rings. The first kappa shape index (κ1) is 19.7. The SMILES string of the molecule is CC(C)(C)OC(=O)N[C@@H]1CC[C@H](C(=O)NC(C)(C)C(C)(C)O)C1. The number of amides is 2. The van der Waals surface area contributed by atoms with Gasteiger partial charge < -0.3 is 20.5 Å². The molecule has 6 heteroatoms. The summed E-state index contributed by atoms with van der Waals surface area (Å²) in [4.78, 5) is 24.2. The van der Waals surface area contributed by atoms with Crippen LogP contribution in [0.4, 0.5) is 4.79 Å². The molecule has 0 bridgehead atoms. The second kappa shape index (κ2) is 6.67. The van der Waals surface area contributed by atoms with E-state index in [0.29, 0.717) is 12.8 Å². The highest BCUT2D eigenvalue weighted by molar-refractivity contribution is 5.80. The average molecular weight is 328 g/mol. The van der Waals surface area contributed by atoms with E-state index in [2.05, 4.69) is 10.6 Å². The van der Waals surface area contributed by atoms with Crippen LogP contribution in [0.25, 0.3) is 0 Å². The third kappa shape index (κ3) is 6.01. The molecule has 1 fully saturated rings. The summed E-state index contributed by atoms with van der Waals surface area (Å²) in [5, 5.41) is 15.9. The van der Waals surface area contributed by atoms with Crippen LogP contribution < -0.4 is 10.6 Å². The topological polar surface area (TPSA) is 87.7 Å². The number of rotatable bonds is 4. The molecule has 0 aliphatic heterocycles. The van der Waals surface area contributed by atoms with Gasteiger partial charge in [-0.3, -0.25) is 4.79 Å². The lowest BCUT2D eigenvalue weighted by molar-refractivity contribution is -0.130. The first-order valence-corrected chi connectivity index (χ1v) is 8.25. The first-order chi connectivity index (χ1) is 10.2. The Hall–Kier alpha value is -1.30. The monoisotopic (exact) mass is 328 g/mol. The van der Waals surface area contributed by atoms with E-state index in [1.807, 2.05) is 20.8 Å². The lowest BCUT2D eigenvalue weighted by atomic mass is 9.85. The smallest absolute Gasteiger partial charge is 0.407 e. The maximum atomic E-state index is 12.4. The summed E-state index contributed by atoms with van der Waals surface area (Å²) in [6.45, 7) is 12.4. The number of hydrogen-bond acceptors (Lipinski definition) is 4. The van der Waals surface area contributed by atoms with Gasteiger partial charge in [0.05, 0.1) is 11.1 Å². The summed E-state index contributed by atoms with van der Waals surface area (Å²) >= 11 is 0. The van der Waals surface area contributed by atoms with Gasteiger partial charge in [0, 0.05) is 12.0 Å². The molecule has 134 valence electrons. The molecular formula is C17H32N2O4. The number of carbonyl (C=O) groups excluding carboxylic acids is 2. The Balaban J connectivity index is 2.51. The molecule has 0 unspecified atom stereocenters. The van der Waals surface area contributed by atoms with E-state index in [1.165, 1.54) is 0 Å². The van der Waals surface area contributed by atoms with E-state index >= 15 is 0 Å². The van der Waals surface area contributed by atoms with E-state index in [0.717, 1.165) is 6.42 Å². The summed E-state index contributed by atoms with van der Waals surface area (Å²) in [7, 11) is 0. The Kier molecular flexibility index (Phi) is 5.73. The summed E-state index contributed by atoms with van der Waals surface area (Å²) in [5.41, 5.74) is -2.27. The normalized spacial score (nSPS) is 22.6. The first-order valence-electron chi connectivity index (χ1n) is 8.25. The Morgan fingerprint density at radius 1 is 1.04 bits per heavy atom. The quantitative estimate of drug-likeness (QED) is 0.739. The lowest BCUT2D eigenvalue weighted by Gasteiger charge is -2.38. The van der Waals surface area contributed by atoms with Gasteiger partial charge in [-0.05, 0) is 67.7 Å². The number of hydrogen-bond donors (Lipinski definition) is 3. The Morgan fingerprint density at radius 2 is 1.61 bits per heavy atom. The van der Waals surface area contributed by atoms with Crippen molar-refractivity contribution in [3.8, 4) is 0 Å². The fourth-order valence-corrected chi connectivity index (χ4v) is 2.39. The maximum Gasteiger partial charge on any atom is 0.407 e. The van der Waals surface area contributed by atoms with Crippen LogP contribution in [-0.2, 0) is 9.53 Å². The molecule has 0 saturated heterocycles. The van der Waals surface area contributed by atoms with E-state index in [1.54, 1.807) is 27.7 Å². The standard InChI is InChI=1S/C17H32N2O4/c1-15(2,3)23-14(21)18-12-9-8-11(10-12)13(20)19-16(4,5)17(6,7)22/h11-12,22H,8-10H2,1-7H3,(H,18,21)(H,19,20)/t11-,12+/m0/s1. The van der Waals surface area contributed by atoms with Crippen molar-refractivity contribution in [2.75, 3.05) is 0 Å². The predicted molar refractivity (Wildman–Crippen MR) is 89.0 cm³/mol. The summed E-state index contributed by atoms with van der Waals surface area (Å²) in [6, 6.07) is -0.0501. The van der Waals surface area contributed by atoms with Crippen LogP contribution in [0, 0.1) is 5.92 Å². The molecule has 2 atom stereocenters. The van der Waals surface area contributed by atoms with Crippen LogP contribution in [0.2, 0.25) is 0 Å². The van der Waals surface area contributed by atoms with E-state index in [4.69, 9.17) is 4.74 Å². The minimum Gasteiger partial charge on any atom is -0.444 e. The highest BCUT2D eigenvalue weighted by atomic mass is 16.6. The molecule has 0 aromatic heterocycles. The van der Waals surface area contributed by atoms with Gasteiger partial charge in [-0.25, -0.2) is 4.79 Å². The third-order valence-electron chi connectivity index (χ3n) is 4.49.